The van der Waals surface area contributed by atoms with Crippen molar-refractivity contribution in [2.24, 2.45) is 17.3 Å². The number of carbonyl (C=O) groups is 1. The minimum Gasteiger partial charge on any atom is -0.309 e. The van der Waals surface area contributed by atoms with Gasteiger partial charge < -0.3 is 5.32 Å². The Morgan fingerprint density at radius 1 is 1.39 bits per heavy atom. The smallest absolute Gasteiger partial charge is 0.264 e. The van der Waals surface area contributed by atoms with E-state index >= 15 is 0 Å². The van der Waals surface area contributed by atoms with Crippen LogP contribution in [0, 0.1) is 17.3 Å². The van der Waals surface area contributed by atoms with E-state index in [1.165, 1.54) is 12.1 Å². The van der Waals surface area contributed by atoms with Crippen molar-refractivity contribution in [1.82, 2.24) is 10.2 Å². The average Bonchev–Trinajstić information content (AvgIpc) is 2.17. The summed E-state index contributed by atoms with van der Waals surface area (Å²) >= 11 is 0. The Balaban J connectivity index is 1.88. The Bertz CT molecular complexity index is 475. The van der Waals surface area contributed by atoms with Gasteiger partial charge in [-0.2, -0.15) is 5.10 Å². The third-order valence-corrected chi connectivity index (χ3v) is 3.66. The van der Waals surface area contributed by atoms with Crippen LogP contribution < -0.4 is 10.9 Å². The van der Waals surface area contributed by atoms with Crippen LogP contribution in [-0.4, -0.2) is 16.1 Å². The second-order valence-corrected chi connectivity index (χ2v) is 6.03. The number of amides is 1. The zero-order valence-electron chi connectivity index (χ0n) is 11.0. The van der Waals surface area contributed by atoms with E-state index in [1.807, 2.05) is 0 Å². The van der Waals surface area contributed by atoms with Gasteiger partial charge >= 0.3 is 0 Å². The van der Waals surface area contributed by atoms with E-state index in [9.17, 15) is 9.59 Å². The Morgan fingerprint density at radius 3 is 2.56 bits per heavy atom. The maximum Gasteiger partial charge on any atom is 0.264 e. The van der Waals surface area contributed by atoms with Crippen LogP contribution in [0.3, 0.4) is 0 Å². The molecule has 0 radical (unpaired) electrons. The maximum atomic E-state index is 11.9. The Kier molecular flexibility index (Phi) is 3.24. The molecule has 1 heterocycles. The van der Waals surface area contributed by atoms with Gasteiger partial charge in [0, 0.05) is 12.0 Å². The molecule has 0 aliphatic heterocycles. The van der Waals surface area contributed by atoms with Crippen molar-refractivity contribution in [3.8, 4) is 0 Å². The van der Waals surface area contributed by atoms with Crippen LogP contribution in [0.15, 0.2) is 16.9 Å². The van der Waals surface area contributed by atoms with E-state index in [0.717, 1.165) is 12.8 Å². The summed E-state index contributed by atoms with van der Waals surface area (Å²) in [7, 11) is 0. The Labute approximate surface area is 106 Å². The second-order valence-electron chi connectivity index (χ2n) is 6.03. The normalized spacial score (nSPS) is 23.3. The molecule has 1 fully saturated rings. The third-order valence-electron chi connectivity index (χ3n) is 3.66. The van der Waals surface area contributed by atoms with Gasteiger partial charge in [0.25, 0.3) is 5.56 Å². The highest BCUT2D eigenvalue weighted by Gasteiger charge is 2.40. The molecule has 0 atom stereocenters. The molecular weight excluding hydrogens is 230 g/mol. The average molecular weight is 249 g/mol. The van der Waals surface area contributed by atoms with Gasteiger partial charge in [0.1, 0.15) is 0 Å². The van der Waals surface area contributed by atoms with Crippen molar-refractivity contribution in [2.75, 3.05) is 5.32 Å². The summed E-state index contributed by atoms with van der Waals surface area (Å²) in [5, 5.41) is 8.77. The molecule has 2 rings (SSSR count). The largest absolute Gasteiger partial charge is 0.309 e. The first-order chi connectivity index (χ1) is 8.36. The predicted molar refractivity (Wildman–Crippen MR) is 69.2 cm³/mol. The molecule has 1 aromatic heterocycles. The molecular formula is C13H19N3O2. The second kappa shape index (κ2) is 4.55. The zero-order valence-corrected chi connectivity index (χ0v) is 11.0. The van der Waals surface area contributed by atoms with Crippen LogP contribution >= 0.6 is 0 Å². The number of rotatable bonds is 2. The van der Waals surface area contributed by atoms with Crippen molar-refractivity contribution in [2.45, 2.75) is 33.6 Å². The number of nitrogens with zero attached hydrogens (tertiary/aromatic N) is 1. The third kappa shape index (κ3) is 2.78. The van der Waals surface area contributed by atoms with Gasteiger partial charge in [-0.3, -0.25) is 9.59 Å². The number of hydrogen-bond acceptors (Lipinski definition) is 3. The summed E-state index contributed by atoms with van der Waals surface area (Å²) < 4.78 is 0. The first-order valence-corrected chi connectivity index (χ1v) is 6.23. The lowest BCUT2D eigenvalue weighted by Crippen LogP contribution is -2.40. The van der Waals surface area contributed by atoms with Crippen LogP contribution in [0.4, 0.5) is 5.82 Å². The van der Waals surface area contributed by atoms with Crippen LogP contribution in [0.5, 0.6) is 0 Å². The fourth-order valence-corrected chi connectivity index (χ4v) is 2.18. The molecule has 5 nitrogen and oxygen atoms in total. The van der Waals surface area contributed by atoms with E-state index in [2.05, 4.69) is 36.3 Å². The van der Waals surface area contributed by atoms with E-state index in [1.54, 1.807) is 0 Å². The Morgan fingerprint density at radius 2 is 2.06 bits per heavy atom. The minimum atomic E-state index is -0.274. The quantitative estimate of drug-likeness (QED) is 0.839. The molecule has 0 saturated heterocycles. The van der Waals surface area contributed by atoms with Crippen molar-refractivity contribution in [1.29, 1.82) is 0 Å². The number of H-pyrrole nitrogens is 1. The molecule has 1 aliphatic rings. The first-order valence-electron chi connectivity index (χ1n) is 6.23. The van der Waals surface area contributed by atoms with Crippen LogP contribution in [0.1, 0.15) is 33.6 Å². The summed E-state index contributed by atoms with van der Waals surface area (Å²) in [6.07, 6.45) is 1.86. The van der Waals surface area contributed by atoms with Crippen LogP contribution in [0.25, 0.3) is 0 Å². The lowest BCUT2D eigenvalue weighted by atomic mass is 9.63. The van der Waals surface area contributed by atoms with Gasteiger partial charge in [-0.1, -0.05) is 20.8 Å². The molecule has 0 unspecified atom stereocenters. The van der Waals surface area contributed by atoms with Gasteiger partial charge in [-0.05, 0) is 30.2 Å². The van der Waals surface area contributed by atoms with E-state index in [-0.39, 0.29) is 22.8 Å². The van der Waals surface area contributed by atoms with Crippen molar-refractivity contribution < 1.29 is 4.79 Å². The molecule has 1 aromatic rings. The molecule has 1 saturated carbocycles. The number of aromatic amines is 1. The molecule has 1 aliphatic carbocycles. The van der Waals surface area contributed by atoms with Gasteiger partial charge in [0.05, 0.1) is 0 Å². The first kappa shape index (κ1) is 12.8. The van der Waals surface area contributed by atoms with Gasteiger partial charge in [-0.15, -0.1) is 0 Å². The number of hydrogen-bond donors (Lipinski definition) is 2. The molecule has 2 N–H and O–H groups in total. The van der Waals surface area contributed by atoms with E-state index in [4.69, 9.17) is 0 Å². The maximum absolute atomic E-state index is 11.9. The monoisotopic (exact) mass is 249 g/mol. The van der Waals surface area contributed by atoms with E-state index in [0.29, 0.717) is 11.7 Å². The topological polar surface area (TPSA) is 74.8 Å². The highest BCUT2D eigenvalue weighted by molar-refractivity contribution is 5.92. The minimum absolute atomic E-state index is 0.00458. The molecule has 18 heavy (non-hydrogen) atoms. The highest BCUT2D eigenvalue weighted by Crippen LogP contribution is 2.45. The van der Waals surface area contributed by atoms with Gasteiger partial charge in [-0.25, -0.2) is 5.10 Å². The lowest BCUT2D eigenvalue weighted by Gasteiger charge is -2.42. The summed E-state index contributed by atoms with van der Waals surface area (Å²) in [5.41, 5.74) is -0.00282. The van der Waals surface area contributed by atoms with Crippen molar-refractivity contribution >= 4 is 11.7 Å². The fraction of sp³-hybridized carbons (Fsp3) is 0.615. The van der Waals surface area contributed by atoms with Crippen LogP contribution in [0.2, 0.25) is 0 Å². The summed E-state index contributed by atoms with van der Waals surface area (Å²) in [4.78, 5) is 22.7. The van der Waals surface area contributed by atoms with Gasteiger partial charge in [0.15, 0.2) is 5.82 Å². The van der Waals surface area contributed by atoms with Crippen molar-refractivity contribution in [3.05, 3.63) is 22.5 Å². The molecule has 98 valence electrons. The lowest BCUT2D eigenvalue weighted by molar-refractivity contribution is -0.125. The zero-order chi connectivity index (χ0) is 13.3. The summed E-state index contributed by atoms with van der Waals surface area (Å²) in [5.74, 6) is 1.08. The summed E-state index contributed by atoms with van der Waals surface area (Å²) in [6.45, 7) is 6.61. The molecule has 0 spiro atoms. The number of nitrogens with one attached hydrogen (secondary N) is 2. The fourth-order valence-electron chi connectivity index (χ4n) is 2.18. The SMILES string of the molecule is CC(C)(C)C1CC(C(=O)Nc2ccc(=O)[nH]n2)C1. The van der Waals surface area contributed by atoms with E-state index < -0.39 is 0 Å². The number of anilines is 1. The van der Waals surface area contributed by atoms with Gasteiger partial charge in [0.2, 0.25) is 5.91 Å². The molecule has 0 bridgehead atoms. The number of carbonyl (C=O) groups excluding carboxylic acids is 1. The standard InChI is InChI=1S/C13H19N3O2/c1-13(2,3)9-6-8(7-9)12(18)14-10-4-5-11(17)16-15-10/h4-5,8-9H,6-7H2,1-3H3,(H,16,17)(H,14,15,18). The van der Waals surface area contributed by atoms with Crippen LogP contribution in [-0.2, 0) is 4.79 Å². The summed E-state index contributed by atoms with van der Waals surface area (Å²) in [6, 6.07) is 2.86. The predicted octanol–water partition coefficient (Wildman–Crippen LogP) is 1.78. The molecule has 1 amide bonds. The number of aromatic nitrogens is 2. The Hall–Kier alpha value is -1.65. The molecule has 5 heteroatoms. The molecule has 0 aromatic carbocycles. The van der Waals surface area contributed by atoms with Crippen molar-refractivity contribution in [3.63, 3.8) is 0 Å². The highest BCUT2D eigenvalue weighted by atomic mass is 16.2.